The SMILES string of the molecule is Cc1ccc(-c2ccn(-c3cc(C#N)cc(N4CCC(N)CC4)c3)n2)cc1. The molecule has 2 N–H and O–H groups in total. The molecule has 0 amide bonds. The Morgan fingerprint density at radius 3 is 2.44 bits per heavy atom. The van der Waals surface area contributed by atoms with E-state index < -0.39 is 0 Å². The van der Waals surface area contributed by atoms with Gasteiger partial charge in [0.25, 0.3) is 0 Å². The lowest BCUT2D eigenvalue weighted by atomic mass is 10.0. The van der Waals surface area contributed by atoms with Crippen LogP contribution in [0.2, 0.25) is 0 Å². The van der Waals surface area contributed by atoms with Gasteiger partial charge in [-0.2, -0.15) is 10.4 Å². The van der Waals surface area contributed by atoms with Gasteiger partial charge in [-0.25, -0.2) is 4.68 Å². The molecule has 0 aliphatic carbocycles. The molecule has 1 fully saturated rings. The number of nitrogens with two attached hydrogens (primary N) is 1. The minimum absolute atomic E-state index is 0.281. The van der Waals surface area contributed by atoms with Gasteiger partial charge in [0.05, 0.1) is 23.0 Å². The number of piperidine rings is 1. The lowest BCUT2D eigenvalue weighted by Crippen LogP contribution is -2.39. The maximum absolute atomic E-state index is 9.46. The number of hydrogen-bond acceptors (Lipinski definition) is 4. The third-order valence-corrected chi connectivity index (χ3v) is 5.14. The van der Waals surface area contributed by atoms with E-state index in [1.165, 1.54) is 5.56 Å². The Hall–Kier alpha value is -3.10. The summed E-state index contributed by atoms with van der Waals surface area (Å²) in [5.74, 6) is 0. The van der Waals surface area contributed by atoms with Gasteiger partial charge in [-0.15, -0.1) is 0 Å². The fourth-order valence-corrected chi connectivity index (χ4v) is 3.48. The molecule has 1 aromatic heterocycles. The van der Waals surface area contributed by atoms with Crippen molar-refractivity contribution < 1.29 is 0 Å². The first kappa shape index (κ1) is 17.3. The Morgan fingerprint density at radius 2 is 1.74 bits per heavy atom. The quantitative estimate of drug-likeness (QED) is 0.777. The van der Waals surface area contributed by atoms with Crippen molar-refractivity contribution >= 4 is 5.69 Å². The Kier molecular flexibility index (Phi) is 4.66. The molecule has 2 heterocycles. The highest BCUT2D eigenvalue weighted by Gasteiger charge is 2.18. The Bertz CT molecular complexity index is 973. The maximum atomic E-state index is 9.46. The van der Waals surface area contributed by atoms with Crippen molar-refractivity contribution in [2.24, 2.45) is 5.73 Å². The Morgan fingerprint density at radius 1 is 1.04 bits per heavy atom. The summed E-state index contributed by atoms with van der Waals surface area (Å²) in [6.07, 6.45) is 3.90. The summed E-state index contributed by atoms with van der Waals surface area (Å²) in [4.78, 5) is 2.30. The van der Waals surface area contributed by atoms with Gasteiger partial charge in [-0.1, -0.05) is 29.8 Å². The van der Waals surface area contributed by atoms with Crippen molar-refractivity contribution in [3.63, 3.8) is 0 Å². The average Bonchev–Trinajstić information content (AvgIpc) is 3.19. The fourth-order valence-electron chi connectivity index (χ4n) is 3.48. The molecule has 0 atom stereocenters. The first-order valence-electron chi connectivity index (χ1n) is 9.31. The second kappa shape index (κ2) is 7.26. The summed E-state index contributed by atoms with van der Waals surface area (Å²) in [7, 11) is 0. The van der Waals surface area contributed by atoms with Gasteiger partial charge >= 0.3 is 0 Å². The zero-order valence-electron chi connectivity index (χ0n) is 15.5. The zero-order chi connectivity index (χ0) is 18.8. The molecule has 2 aromatic carbocycles. The number of benzene rings is 2. The van der Waals surface area contributed by atoms with Crippen molar-refractivity contribution in [2.75, 3.05) is 18.0 Å². The summed E-state index contributed by atoms with van der Waals surface area (Å²) in [5.41, 5.74) is 11.9. The van der Waals surface area contributed by atoms with Gasteiger partial charge < -0.3 is 10.6 Å². The standard InChI is InChI=1S/C22H23N5/c1-16-2-4-18(5-3-16)22-8-11-27(25-22)21-13-17(15-23)12-20(14-21)26-9-6-19(24)7-10-26/h2-5,8,11-14,19H,6-7,9-10,24H2,1H3. The van der Waals surface area contributed by atoms with E-state index in [4.69, 9.17) is 10.8 Å². The van der Waals surface area contributed by atoms with Gasteiger partial charge in [0.15, 0.2) is 0 Å². The second-order valence-corrected chi connectivity index (χ2v) is 7.19. The molecule has 0 unspecified atom stereocenters. The molecule has 5 heteroatoms. The van der Waals surface area contributed by atoms with Crippen LogP contribution in [-0.4, -0.2) is 28.9 Å². The normalized spacial score (nSPS) is 14.9. The first-order chi connectivity index (χ1) is 13.1. The van der Waals surface area contributed by atoms with E-state index in [-0.39, 0.29) is 6.04 Å². The van der Waals surface area contributed by atoms with Crippen molar-refractivity contribution in [1.82, 2.24) is 9.78 Å². The predicted molar refractivity (Wildman–Crippen MR) is 108 cm³/mol. The molecule has 4 rings (SSSR count). The third-order valence-electron chi connectivity index (χ3n) is 5.14. The van der Waals surface area contributed by atoms with E-state index in [0.29, 0.717) is 5.56 Å². The van der Waals surface area contributed by atoms with Gasteiger partial charge in [-0.3, -0.25) is 0 Å². The van der Waals surface area contributed by atoms with Crippen LogP contribution in [0.15, 0.2) is 54.7 Å². The summed E-state index contributed by atoms with van der Waals surface area (Å²) >= 11 is 0. The van der Waals surface area contributed by atoms with E-state index in [1.807, 2.05) is 29.1 Å². The molecule has 136 valence electrons. The highest BCUT2D eigenvalue weighted by atomic mass is 15.3. The first-order valence-corrected chi connectivity index (χ1v) is 9.31. The van der Waals surface area contributed by atoms with Crippen LogP contribution in [0.5, 0.6) is 0 Å². The minimum atomic E-state index is 0.281. The molecule has 0 spiro atoms. The van der Waals surface area contributed by atoms with Crippen molar-refractivity contribution in [3.8, 4) is 23.0 Å². The van der Waals surface area contributed by atoms with E-state index in [2.05, 4.69) is 48.2 Å². The van der Waals surface area contributed by atoms with Crippen LogP contribution in [0.3, 0.4) is 0 Å². The topological polar surface area (TPSA) is 70.9 Å². The van der Waals surface area contributed by atoms with Crippen LogP contribution in [0.4, 0.5) is 5.69 Å². The molecule has 5 nitrogen and oxygen atoms in total. The monoisotopic (exact) mass is 357 g/mol. The number of aryl methyl sites for hydroxylation is 1. The van der Waals surface area contributed by atoms with Crippen LogP contribution in [0.1, 0.15) is 24.0 Å². The van der Waals surface area contributed by atoms with E-state index in [1.54, 1.807) is 0 Å². The van der Waals surface area contributed by atoms with Crippen molar-refractivity contribution in [3.05, 3.63) is 65.9 Å². The molecule has 0 radical (unpaired) electrons. The summed E-state index contributed by atoms with van der Waals surface area (Å²) < 4.78 is 1.84. The van der Waals surface area contributed by atoms with Crippen LogP contribution in [-0.2, 0) is 0 Å². The van der Waals surface area contributed by atoms with E-state index in [0.717, 1.165) is 48.6 Å². The number of hydrogen-bond donors (Lipinski definition) is 1. The van der Waals surface area contributed by atoms with Crippen LogP contribution in [0.25, 0.3) is 16.9 Å². The lowest BCUT2D eigenvalue weighted by molar-refractivity contribution is 0.501. The Balaban J connectivity index is 1.66. The van der Waals surface area contributed by atoms with Crippen molar-refractivity contribution in [2.45, 2.75) is 25.8 Å². The number of nitriles is 1. The van der Waals surface area contributed by atoms with E-state index in [9.17, 15) is 5.26 Å². The van der Waals surface area contributed by atoms with Crippen LogP contribution in [0, 0.1) is 18.3 Å². The maximum Gasteiger partial charge on any atom is 0.0993 e. The minimum Gasteiger partial charge on any atom is -0.371 e. The van der Waals surface area contributed by atoms with Gasteiger partial charge in [0.1, 0.15) is 0 Å². The number of aromatic nitrogens is 2. The van der Waals surface area contributed by atoms with Crippen molar-refractivity contribution in [1.29, 1.82) is 5.26 Å². The van der Waals surface area contributed by atoms with Gasteiger partial charge in [0, 0.05) is 36.6 Å². The largest absolute Gasteiger partial charge is 0.371 e. The average molecular weight is 357 g/mol. The Labute approximate surface area is 159 Å². The highest BCUT2D eigenvalue weighted by molar-refractivity contribution is 5.61. The summed E-state index contributed by atoms with van der Waals surface area (Å²) in [5, 5.41) is 14.2. The zero-order valence-corrected chi connectivity index (χ0v) is 15.5. The van der Waals surface area contributed by atoms with Crippen LogP contribution < -0.4 is 10.6 Å². The molecular formula is C22H23N5. The van der Waals surface area contributed by atoms with E-state index >= 15 is 0 Å². The molecule has 0 bridgehead atoms. The second-order valence-electron chi connectivity index (χ2n) is 7.19. The number of rotatable bonds is 3. The molecule has 1 aliphatic rings. The summed E-state index contributed by atoms with van der Waals surface area (Å²) in [6, 6.07) is 18.8. The fraction of sp³-hybridized carbons (Fsp3) is 0.273. The lowest BCUT2D eigenvalue weighted by Gasteiger charge is -2.32. The number of nitrogens with zero attached hydrogens (tertiary/aromatic N) is 4. The highest BCUT2D eigenvalue weighted by Crippen LogP contribution is 2.25. The molecule has 1 aliphatic heterocycles. The molecule has 3 aromatic rings. The van der Waals surface area contributed by atoms with Gasteiger partial charge in [0.2, 0.25) is 0 Å². The predicted octanol–water partition coefficient (Wildman–Crippen LogP) is 3.65. The smallest absolute Gasteiger partial charge is 0.0993 e. The summed E-state index contributed by atoms with van der Waals surface area (Å²) in [6.45, 7) is 3.91. The van der Waals surface area contributed by atoms with Gasteiger partial charge in [-0.05, 0) is 44.0 Å². The third kappa shape index (κ3) is 3.71. The molecule has 27 heavy (non-hydrogen) atoms. The molecule has 0 saturated carbocycles. The molecular weight excluding hydrogens is 334 g/mol. The number of anilines is 1. The van der Waals surface area contributed by atoms with Crippen LogP contribution >= 0.6 is 0 Å². The molecule has 1 saturated heterocycles.